The SMILES string of the molecule is CS(=O)(=O)C1CN(Cc2ccccc2)CCN1C(=N)N. The molecule has 1 unspecified atom stereocenters. The Labute approximate surface area is 119 Å². The van der Waals surface area contributed by atoms with Crippen molar-refractivity contribution < 1.29 is 8.42 Å². The van der Waals surface area contributed by atoms with Crippen LogP contribution in [0.5, 0.6) is 0 Å². The zero-order valence-electron chi connectivity index (χ0n) is 11.5. The van der Waals surface area contributed by atoms with E-state index in [9.17, 15) is 8.42 Å². The second kappa shape index (κ2) is 5.80. The lowest BCUT2D eigenvalue weighted by Crippen LogP contribution is -2.59. The van der Waals surface area contributed by atoms with Gasteiger partial charge in [0, 0.05) is 32.4 Å². The molecule has 1 saturated heterocycles. The van der Waals surface area contributed by atoms with Gasteiger partial charge in [-0.15, -0.1) is 0 Å². The average molecular weight is 296 g/mol. The Bertz CT molecular complexity index is 573. The second-order valence-corrected chi connectivity index (χ2v) is 7.29. The molecule has 0 bridgehead atoms. The van der Waals surface area contributed by atoms with Gasteiger partial charge in [0.05, 0.1) is 0 Å². The Morgan fingerprint density at radius 1 is 1.35 bits per heavy atom. The van der Waals surface area contributed by atoms with Gasteiger partial charge < -0.3 is 10.6 Å². The molecule has 1 atom stereocenters. The quantitative estimate of drug-likeness (QED) is 0.608. The summed E-state index contributed by atoms with van der Waals surface area (Å²) in [5.74, 6) is -0.181. The Kier molecular flexibility index (Phi) is 4.29. The van der Waals surface area contributed by atoms with E-state index in [-0.39, 0.29) is 5.96 Å². The molecule has 1 fully saturated rings. The molecule has 0 saturated carbocycles. The molecule has 6 nitrogen and oxygen atoms in total. The van der Waals surface area contributed by atoms with Gasteiger partial charge >= 0.3 is 0 Å². The van der Waals surface area contributed by atoms with Gasteiger partial charge in [-0.3, -0.25) is 10.3 Å². The standard InChI is InChI=1S/C13H20N4O2S/c1-20(18,19)12-10-16(7-8-17(12)13(14)15)9-11-5-3-2-4-6-11/h2-6,12H,7-10H2,1H3,(H3,14,15). The maximum Gasteiger partial charge on any atom is 0.189 e. The van der Waals surface area contributed by atoms with E-state index < -0.39 is 15.2 Å². The summed E-state index contributed by atoms with van der Waals surface area (Å²) in [7, 11) is -3.28. The Hall–Kier alpha value is -1.60. The second-order valence-electron chi connectivity index (χ2n) is 5.08. The van der Waals surface area contributed by atoms with Crippen molar-refractivity contribution in [2.45, 2.75) is 11.9 Å². The summed E-state index contributed by atoms with van der Waals surface area (Å²) in [6.45, 7) is 2.23. The van der Waals surface area contributed by atoms with Crippen molar-refractivity contribution in [1.29, 1.82) is 5.41 Å². The van der Waals surface area contributed by atoms with Crippen molar-refractivity contribution in [3.05, 3.63) is 35.9 Å². The number of nitrogens with two attached hydrogens (primary N) is 1. The fraction of sp³-hybridized carbons (Fsp3) is 0.462. The highest BCUT2D eigenvalue weighted by Gasteiger charge is 2.34. The van der Waals surface area contributed by atoms with E-state index in [1.165, 1.54) is 11.2 Å². The van der Waals surface area contributed by atoms with Gasteiger partial charge in [-0.2, -0.15) is 0 Å². The molecule has 1 aliphatic rings. The maximum atomic E-state index is 11.9. The Morgan fingerprint density at radius 3 is 2.55 bits per heavy atom. The summed E-state index contributed by atoms with van der Waals surface area (Å²) < 4.78 is 23.8. The summed E-state index contributed by atoms with van der Waals surface area (Å²) in [4.78, 5) is 3.54. The van der Waals surface area contributed by atoms with Crippen molar-refractivity contribution >= 4 is 15.8 Å². The zero-order chi connectivity index (χ0) is 14.8. The Morgan fingerprint density at radius 2 is 2.00 bits per heavy atom. The molecule has 1 aromatic rings. The molecule has 1 heterocycles. The van der Waals surface area contributed by atoms with Gasteiger partial charge in [0.15, 0.2) is 15.8 Å². The van der Waals surface area contributed by atoms with Gasteiger partial charge in [0.1, 0.15) is 5.37 Å². The maximum absolute atomic E-state index is 11.9. The molecular formula is C13H20N4O2S. The van der Waals surface area contributed by atoms with Crippen LogP contribution in [-0.2, 0) is 16.4 Å². The molecule has 0 radical (unpaired) electrons. The molecule has 0 aliphatic carbocycles. The first-order valence-electron chi connectivity index (χ1n) is 6.44. The highest BCUT2D eigenvalue weighted by atomic mass is 32.2. The largest absolute Gasteiger partial charge is 0.370 e. The first-order valence-corrected chi connectivity index (χ1v) is 8.39. The van der Waals surface area contributed by atoms with Crippen LogP contribution in [0.15, 0.2) is 30.3 Å². The highest BCUT2D eigenvalue weighted by molar-refractivity contribution is 7.91. The van der Waals surface area contributed by atoms with E-state index >= 15 is 0 Å². The van der Waals surface area contributed by atoms with Crippen molar-refractivity contribution in [1.82, 2.24) is 9.80 Å². The van der Waals surface area contributed by atoms with Crippen LogP contribution in [0.3, 0.4) is 0 Å². The number of rotatable bonds is 3. The van der Waals surface area contributed by atoms with Gasteiger partial charge in [-0.25, -0.2) is 8.42 Å². The number of sulfone groups is 1. The molecule has 0 amide bonds. The van der Waals surface area contributed by atoms with Gasteiger partial charge in [0.2, 0.25) is 0 Å². The van der Waals surface area contributed by atoms with Crippen molar-refractivity contribution in [2.24, 2.45) is 5.73 Å². The van der Waals surface area contributed by atoms with Crippen LogP contribution in [-0.4, -0.2) is 55.4 Å². The minimum Gasteiger partial charge on any atom is -0.370 e. The molecule has 2 rings (SSSR count). The number of nitrogens with zero attached hydrogens (tertiary/aromatic N) is 2. The monoisotopic (exact) mass is 296 g/mol. The number of hydrogen-bond acceptors (Lipinski definition) is 4. The first-order chi connectivity index (χ1) is 9.38. The van der Waals surface area contributed by atoms with Crippen LogP contribution in [0.2, 0.25) is 0 Å². The molecular weight excluding hydrogens is 276 g/mol. The van der Waals surface area contributed by atoms with Crippen LogP contribution in [0.4, 0.5) is 0 Å². The predicted octanol–water partition coefficient (Wildman–Crippen LogP) is 0.0684. The lowest BCUT2D eigenvalue weighted by atomic mass is 10.2. The predicted molar refractivity (Wildman–Crippen MR) is 79.0 cm³/mol. The number of benzene rings is 1. The molecule has 7 heteroatoms. The topological polar surface area (TPSA) is 90.5 Å². The van der Waals surface area contributed by atoms with E-state index in [0.29, 0.717) is 26.2 Å². The fourth-order valence-corrected chi connectivity index (χ4v) is 3.59. The lowest BCUT2D eigenvalue weighted by Gasteiger charge is -2.40. The molecule has 0 spiro atoms. The molecule has 110 valence electrons. The van der Waals surface area contributed by atoms with Gasteiger partial charge in [0.25, 0.3) is 0 Å². The summed E-state index contributed by atoms with van der Waals surface area (Å²) in [6, 6.07) is 9.93. The van der Waals surface area contributed by atoms with Crippen molar-refractivity contribution in [3.8, 4) is 0 Å². The first kappa shape index (κ1) is 14.8. The van der Waals surface area contributed by atoms with Crippen LogP contribution in [0, 0.1) is 5.41 Å². The number of guanidine groups is 1. The van der Waals surface area contributed by atoms with Crippen LogP contribution >= 0.6 is 0 Å². The number of nitrogens with one attached hydrogen (secondary N) is 1. The Balaban J connectivity index is 2.11. The van der Waals surface area contributed by atoms with Crippen molar-refractivity contribution in [2.75, 3.05) is 25.9 Å². The molecule has 1 aromatic carbocycles. The van der Waals surface area contributed by atoms with Crippen molar-refractivity contribution in [3.63, 3.8) is 0 Å². The number of piperazine rings is 1. The average Bonchev–Trinajstić information content (AvgIpc) is 2.38. The van der Waals surface area contributed by atoms with Gasteiger partial charge in [-0.05, 0) is 5.56 Å². The summed E-state index contributed by atoms with van der Waals surface area (Å²) >= 11 is 0. The van der Waals surface area contributed by atoms with E-state index in [4.69, 9.17) is 11.1 Å². The molecule has 20 heavy (non-hydrogen) atoms. The zero-order valence-corrected chi connectivity index (χ0v) is 12.3. The fourth-order valence-electron chi connectivity index (χ4n) is 2.43. The summed E-state index contributed by atoms with van der Waals surface area (Å²) in [5, 5.41) is 6.77. The smallest absolute Gasteiger partial charge is 0.189 e. The third kappa shape index (κ3) is 3.49. The van der Waals surface area contributed by atoms with E-state index in [0.717, 1.165) is 5.56 Å². The molecule has 1 aliphatic heterocycles. The van der Waals surface area contributed by atoms with E-state index in [2.05, 4.69) is 4.90 Å². The minimum absolute atomic E-state index is 0.181. The van der Waals surface area contributed by atoms with Crippen LogP contribution < -0.4 is 5.73 Å². The lowest BCUT2D eigenvalue weighted by molar-refractivity contribution is 0.154. The third-order valence-corrected chi connectivity index (χ3v) is 4.86. The van der Waals surface area contributed by atoms with E-state index in [1.54, 1.807) is 0 Å². The summed E-state index contributed by atoms with van der Waals surface area (Å²) in [6.07, 6.45) is 1.19. The van der Waals surface area contributed by atoms with Crippen LogP contribution in [0.1, 0.15) is 5.56 Å². The molecule has 0 aromatic heterocycles. The highest BCUT2D eigenvalue weighted by Crippen LogP contribution is 2.16. The summed E-state index contributed by atoms with van der Waals surface area (Å²) in [5.41, 5.74) is 6.63. The van der Waals surface area contributed by atoms with E-state index in [1.807, 2.05) is 30.3 Å². The molecule has 3 N–H and O–H groups in total. The normalized spacial score (nSPS) is 20.9. The minimum atomic E-state index is -3.28. The van der Waals surface area contributed by atoms with Crippen LogP contribution in [0.25, 0.3) is 0 Å². The number of hydrogen-bond donors (Lipinski definition) is 2. The van der Waals surface area contributed by atoms with Gasteiger partial charge in [-0.1, -0.05) is 30.3 Å². The third-order valence-electron chi connectivity index (χ3n) is 3.47.